The van der Waals surface area contributed by atoms with Crippen LogP contribution in [-0.4, -0.2) is 64.5 Å². The largest absolute Gasteiger partial charge is 0.378 e. The molecule has 2 aliphatic rings. The van der Waals surface area contributed by atoms with Crippen LogP contribution in [0.2, 0.25) is 0 Å². The first kappa shape index (κ1) is 16.1. The highest BCUT2D eigenvalue weighted by molar-refractivity contribution is 5.94. The molecule has 4 rings (SSSR count). The molecule has 1 atom stereocenters. The van der Waals surface area contributed by atoms with Gasteiger partial charge in [-0.05, 0) is 31.0 Å². The van der Waals surface area contributed by atoms with Crippen LogP contribution in [0.15, 0.2) is 36.8 Å². The van der Waals surface area contributed by atoms with Crippen molar-refractivity contribution in [1.29, 1.82) is 0 Å². The summed E-state index contributed by atoms with van der Waals surface area (Å²) in [7, 11) is 0. The maximum Gasteiger partial charge on any atom is 0.255 e. The minimum Gasteiger partial charge on any atom is -0.378 e. The smallest absolute Gasteiger partial charge is 0.255 e. The number of nitrogens with zero attached hydrogens (tertiary/aromatic N) is 5. The molecular weight excluding hydrogens is 318 g/mol. The van der Waals surface area contributed by atoms with Gasteiger partial charge < -0.3 is 14.5 Å². The lowest BCUT2D eigenvalue weighted by atomic mass is 10.2. The second kappa shape index (κ2) is 7.23. The molecule has 1 amide bonds. The summed E-state index contributed by atoms with van der Waals surface area (Å²) in [4.78, 5) is 21.6. The van der Waals surface area contributed by atoms with Gasteiger partial charge in [0, 0.05) is 38.2 Å². The van der Waals surface area contributed by atoms with E-state index in [2.05, 4.69) is 15.0 Å². The minimum atomic E-state index is 0.0654. The van der Waals surface area contributed by atoms with Crippen LogP contribution in [-0.2, 0) is 11.3 Å². The Morgan fingerprint density at radius 1 is 1.24 bits per heavy atom. The Bertz CT molecular complexity index is 695. The van der Waals surface area contributed by atoms with Gasteiger partial charge in [0.1, 0.15) is 5.82 Å². The third kappa shape index (κ3) is 3.51. The number of ether oxygens (including phenoxy) is 1. The Morgan fingerprint density at radius 2 is 2.12 bits per heavy atom. The summed E-state index contributed by atoms with van der Waals surface area (Å²) < 4.78 is 7.27. The monoisotopic (exact) mass is 341 g/mol. The maximum absolute atomic E-state index is 12.9. The van der Waals surface area contributed by atoms with Gasteiger partial charge in [0.15, 0.2) is 0 Å². The van der Waals surface area contributed by atoms with E-state index in [1.54, 1.807) is 12.4 Å². The third-order valence-corrected chi connectivity index (χ3v) is 4.92. The summed E-state index contributed by atoms with van der Waals surface area (Å²) in [6.45, 7) is 4.70. The summed E-state index contributed by atoms with van der Waals surface area (Å²) >= 11 is 0. The second-order valence-electron chi connectivity index (χ2n) is 6.53. The van der Waals surface area contributed by atoms with Gasteiger partial charge in [-0.3, -0.25) is 9.48 Å². The van der Waals surface area contributed by atoms with Crippen LogP contribution in [0.5, 0.6) is 0 Å². The van der Waals surface area contributed by atoms with Crippen molar-refractivity contribution in [3.63, 3.8) is 0 Å². The highest BCUT2D eigenvalue weighted by atomic mass is 16.5. The van der Waals surface area contributed by atoms with Crippen molar-refractivity contribution in [2.75, 3.05) is 37.7 Å². The van der Waals surface area contributed by atoms with E-state index in [0.29, 0.717) is 5.56 Å². The standard InChI is InChI=1S/C18H23N5O2/c24-18(23-8-1-3-16(23)14-22-7-2-6-20-22)15-4-5-17(19-13-15)21-9-11-25-12-10-21/h2,4-7,13,16H,1,3,8-12,14H2/t16-/m0/s1. The average Bonchev–Trinajstić information content (AvgIpc) is 3.34. The van der Waals surface area contributed by atoms with E-state index in [-0.39, 0.29) is 11.9 Å². The van der Waals surface area contributed by atoms with Gasteiger partial charge >= 0.3 is 0 Å². The molecule has 2 saturated heterocycles. The minimum absolute atomic E-state index is 0.0654. The number of hydrogen-bond acceptors (Lipinski definition) is 5. The lowest BCUT2D eigenvalue weighted by Crippen LogP contribution is -2.38. The number of likely N-dealkylation sites (tertiary alicyclic amines) is 1. The predicted molar refractivity (Wildman–Crippen MR) is 93.6 cm³/mol. The SMILES string of the molecule is O=C(c1ccc(N2CCOCC2)nc1)N1CCC[C@H]1Cn1cccn1. The first-order valence-corrected chi connectivity index (χ1v) is 8.88. The molecule has 2 fully saturated rings. The van der Waals surface area contributed by atoms with Crippen LogP contribution in [0.3, 0.4) is 0 Å². The molecule has 0 aromatic carbocycles. The van der Waals surface area contributed by atoms with Gasteiger partial charge in [0.25, 0.3) is 5.91 Å². The molecule has 0 bridgehead atoms. The average molecular weight is 341 g/mol. The Labute approximate surface area is 147 Å². The molecule has 0 unspecified atom stereocenters. The number of anilines is 1. The molecule has 0 spiro atoms. The van der Waals surface area contributed by atoms with Crippen LogP contribution in [0, 0.1) is 0 Å². The molecule has 7 nitrogen and oxygen atoms in total. The van der Waals surface area contributed by atoms with Crippen LogP contribution >= 0.6 is 0 Å². The summed E-state index contributed by atoms with van der Waals surface area (Å²) in [5.74, 6) is 0.977. The van der Waals surface area contributed by atoms with Crippen molar-refractivity contribution in [3.8, 4) is 0 Å². The molecule has 0 saturated carbocycles. The summed E-state index contributed by atoms with van der Waals surface area (Å²) in [6, 6.07) is 5.95. The Morgan fingerprint density at radius 3 is 2.84 bits per heavy atom. The second-order valence-corrected chi connectivity index (χ2v) is 6.53. The summed E-state index contributed by atoms with van der Waals surface area (Å²) in [5.41, 5.74) is 0.657. The normalized spacial score (nSPS) is 20.9. The molecule has 2 aliphatic heterocycles. The van der Waals surface area contributed by atoms with E-state index in [9.17, 15) is 4.79 Å². The van der Waals surface area contributed by atoms with Crippen LogP contribution in [0.1, 0.15) is 23.2 Å². The summed E-state index contributed by atoms with van der Waals surface area (Å²) in [6.07, 6.45) is 7.48. The van der Waals surface area contributed by atoms with E-state index in [1.807, 2.05) is 34.0 Å². The summed E-state index contributed by atoms with van der Waals surface area (Å²) in [5, 5.41) is 4.26. The van der Waals surface area contributed by atoms with Gasteiger partial charge in [0.05, 0.1) is 31.4 Å². The zero-order valence-corrected chi connectivity index (χ0v) is 14.3. The number of aromatic nitrogens is 3. The van der Waals surface area contributed by atoms with Gasteiger partial charge in [-0.1, -0.05) is 0 Å². The van der Waals surface area contributed by atoms with Crippen molar-refractivity contribution in [2.24, 2.45) is 0 Å². The van der Waals surface area contributed by atoms with E-state index in [0.717, 1.165) is 58.1 Å². The lowest BCUT2D eigenvalue weighted by Gasteiger charge is -2.28. The van der Waals surface area contributed by atoms with Crippen molar-refractivity contribution in [1.82, 2.24) is 19.7 Å². The van der Waals surface area contributed by atoms with Gasteiger partial charge in [-0.25, -0.2) is 4.98 Å². The van der Waals surface area contributed by atoms with Crippen LogP contribution < -0.4 is 4.90 Å². The van der Waals surface area contributed by atoms with Gasteiger partial charge in [-0.2, -0.15) is 5.10 Å². The zero-order chi connectivity index (χ0) is 17.1. The number of hydrogen-bond donors (Lipinski definition) is 0. The van der Waals surface area contributed by atoms with Gasteiger partial charge in [-0.15, -0.1) is 0 Å². The Kier molecular flexibility index (Phi) is 4.65. The zero-order valence-electron chi connectivity index (χ0n) is 14.3. The Hall–Kier alpha value is -2.41. The molecule has 0 radical (unpaired) electrons. The van der Waals surface area contributed by atoms with E-state index in [4.69, 9.17) is 4.74 Å². The van der Waals surface area contributed by atoms with E-state index in [1.165, 1.54) is 0 Å². The van der Waals surface area contributed by atoms with Crippen molar-refractivity contribution < 1.29 is 9.53 Å². The molecule has 25 heavy (non-hydrogen) atoms. The molecule has 2 aromatic heterocycles. The van der Waals surface area contributed by atoms with Crippen molar-refractivity contribution in [2.45, 2.75) is 25.4 Å². The van der Waals surface area contributed by atoms with Crippen LogP contribution in [0.25, 0.3) is 0 Å². The van der Waals surface area contributed by atoms with E-state index < -0.39 is 0 Å². The molecule has 2 aromatic rings. The quantitative estimate of drug-likeness (QED) is 0.842. The number of amides is 1. The Balaban J connectivity index is 1.44. The fourth-order valence-corrected chi connectivity index (χ4v) is 3.58. The number of pyridine rings is 1. The maximum atomic E-state index is 12.9. The molecule has 7 heteroatoms. The van der Waals surface area contributed by atoms with Crippen molar-refractivity contribution >= 4 is 11.7 Å². The first-order chi connectivity index (χ1) is 12.3. The van der Waals surface area contributed by atoms with Crippen molar-refractivity contribution in [3.05, 3.63) is 42.4 Å². The highest BCUT2D eigenvalue weighted by Gasteiger charge is 2.30. The molecule has 4 heterocycles. The molecule has 0 N–H and O–H groups in total. The predicted octanol–water partition coefficient (Wildman–Crippen LogP) is 1.42. The van der Waals surface area contributed by atoms with Crippen LogP contribution in [0.4, 0.5) is 5.82 Å². The lowest BCUT2D eigenvalue weighted by molar-refractivity contribution is 0.0721. The fourth-order valence-electron chi connectivity index (χ4n) is 3.58. The van der Waals surface area contributed by atoms with Gasteiger partial charge in [0.2, 0.25) is 0 Å². The number of rotatable bonds is 4. The molecular formula is C18H23N5O2. The van der Waals surface area contributed by atoms with E-state index >= 15 is 0 Å². The molecule has 132 valence electrons. The fraction of sp³-hybridized carbons (Fsp3) is 0.500. The number of carbonyl (C=O) groups is 1. The third-order valence-electron chi connectivity index (χ3n) is 4.92. The molecule has 0 aliphatic carbocycles. The number of morpholine rings is 1. The number of carbonyl (C=O) groups excluding carboxylic acids is 1. The first-order valence-electron chi connectivity index (χ1n) is 8.88. The highest BCUT2D eigenvalue weighted by Crippen LogP contribution is 2.22. The topological polar surface area (TPSA) is 63.5 Å².